The van der Waals surface area contributed by atoms with E-state index in [2.05, 4.69) is 0 Å². The molecule has 10 heteroatoms. The molecule has 1 aliphatic carbocycles. The number of nitrogens with two attached hydrogens (primary N) is 1. The highest BCUT2D eigenvalue weighted by molar-refractivity contribution is 7.86. The van der Waals surface area contributed by atoms with E-state index in [1.54, 1.807) is 0 Å². The van der Waals surface area contributed by atoms with Crippen molar-refractivity contribution in [3.8, 4) is 0 Å². The Balaban J connectivity index is 1.93. The lowest BCUT2D eigenvalue weighted by Crippen LogP contribution is -2.53. The molecule has 0 aromatic heterocycles. The van der Waals surface area contributed by atoms with Crippen molar-refractivity contribution in [3.63, 3.8) is 0 Å². The minimum atomic E-state index is -4.26. The summed E-state index contributed by atoms with van der Waals surface area (Å²) in [5, 5.41) is 5.01. The molecule has 0 spiro atoms. The number of alkyl halides is 3. The van der Waals surface area contributed by atoms with Crippen molar-refractivity contribution in [2.24, 2.45) is 17.0 Å². The summed E-state index contributed by atoms with van der Waals surface area (Å²) >= 11 is 0. The van der Waals surface area contributed by atoms with Gasteiger partial charge in [-0.3, -0.25) is 4.79 Å². The Morgan fingerprint density at radius 2 is 1.68 bits per heavy atom. The van der Waals surface area contributed by atoms with E-state index >= 15 is 0 Å². The molecule has 22 heavy (non-hydrogen) atoms. The molecule has 1 saturated heterocycles. The zero-order chi connectivity index (χ0) is 16.5. The second kappa shape index (κ2) is 6.32. The molecule has 0 radical (unpaired) electrons. The van der Waals surface area contributed by atoms with Crippen LogP contribution in [0.5, 0.6) is 0 Å². The molecule has 1 heterocycles. The number of hydrogen-bond donors (Lipinski definition) is 1. The van der Waals surface area contributed by atoms with Crippen LogP contribution < -0.4 is 5.14 Å². The molecule has 2 atom stereocenters. The second-order valence-electron chi connectivity index (χ2n) is 5.87. The van der Waals surface area contributed by atoms with Gasteiger partial charge in [-0.05, 0) is 19.3 Å². The van der Waals surface area contributed by atoms with Gasteiger partial charge in [0.15, 0.2) is 0 Å². The van der Waals surface area contributed by atoms with Crippen LogP contribution in [0.3, 0.4) is 0 Å². The van der Waals surface area contributed by atoms with Gasteiger partial charge in [0.25, 0.3) is 10.2 Å². The van der Waals surface area contributed by atoms with Gasteiger partial charge in [-0.2, -0.15) is 25.9 Å². The summed E-state index contributed by atoms with van der Waals surface area (Å²) in [7, 11) is -3.78. The second-order valence-corrected chi connectivity index (χ2v) is 7.42. The van der Waals surface area contributed by atoms with Gasteiger partial charge in [0.05, 0.1) is 5.92 Å². The van der Waals surface area contributed by atoms with Crippen molar-refractivity contribution in [2.45, 2.75) is 31.9 Å². The van der Waals surface area contributed by atoms with E-state index in [4.69, 9.17) is 5.14 Å². The molecule has 6 nitrogen and oxygen atoms in total. The van der Waals surface area contributed by atoms with Gasteiger partial charge in [0, 0.05) is 32.1 Å². The van der Waals surface area contributed by atoms with Gasteiger partial charge in [0.1, 0.15) is 0 Å². The van der Waals surface area contributed by atoms with E-state index < -0.39 is 28.2 Å². The summed E-state index contributed by atoms with van der Waals surface area (Å²) in [6.07, 6.45) is -3.51. The Morgan fingerprint density at radius 3 is 2.18 bits per heavy atom. The number of rotatable bonds is 2. The first-order valence-electron chi connectivity index (χ1n) is 7.22. The van der Waals surface area contributed by atoms with Gasteiger partial charge in [-0.25, -0.2) is 5.14 Å². The molecule has 1 saturated carbocycles. The molecule has 0 unspecified atom stereocenters. The van der Waals surface area contributed by atoms with Crippen molar-refractivity contribution in [1.82, 2.24) is 9.21 Å². The zero-order valence-electron chi connectivity index (χ0n) is 12.1. The number of piperazine rings is 1. The Morgan fingerprint density at radius 1 is 1.09 bits per heavy atom. The maximum Gasteiger partial charge on any atom is 0.391 e. The maximum atomic E-state index is 12.8. The summed E-state index contributed by atoms with van der Waals surface area (Å²) < 4.78 is 61.8. The summed E-state index contributed by atoms with van der Waals surface area (Å²) in [5.74, 6) is -2.34. The molecular formula is C12H20F3N3O3S. The van der Waals surface area contributed by atoms with Gasteiger partial charge in [-0.1, -0.05) is 6.42 Å². The molecule has 2 N–H and O–H groups in total. The van der Waals surface area contributed by atoms with Crippen LogP contribution >= 0.6 is 0 Å². The Kier molecular flexibility index (Phi) is 5.03. The van der Waals surface area contributed by atoms with E-state index in [-0.39, 0.29) is 44.9 Å². The fourth-order valence-corrected chi connectivity index (χ4v) is 3.80. The highest BCUT2D eigenvalue weighted by Gasteiger charge is 2.44. The van der Waals surface area contributed by atoms with Gasteiger partial charge >= 0.3 is 6.18 Å². The van der Waals surface area contributed by atoms with Crippen molar-refractivity contribution in [1.29, 1.82) is 0 Å². The molecule has 1 aliphatic heterocycles. The smallest absolute Gasteiger partial charge is 0.340 e. The van der Waals surface area contributed by atoms with Crippen LogP contribution in [0.2, 0.25) is 0 Å². The summed E-state index contributed by atoms with van der Waals surface area (Å²) in [6, 6.07) is 0. The van der Waals surface area contributed by atoms with Crippen molar-refractivity contribution < 1.29 is 26.4 Å². The maximum absolute atomic E-state index is 12.8. The van der Waals surface area contributed by atoms with Crippen LogP contribution in [0.25, 0.3) is 0 Å². The highest BCUT2D eigenvalue weighted by atomic mass is 32.2. The minimum Gasteiger partial charge on any atom is -0.340 e. The summed E-state index contributed by atoms with van der Waals surface area (Å²) in [5.41, 5.74) is 0. The van der Waals surface area contributed by atoms with Gasteiger partial charge < -0.3 is 4.90 Å². The number of carbonyl (C=O) groups is 1. The third kappa shape index (κ3) is 4.11. The van der Waals surface area contributed by atoms with E-state index in [0.29, 0.717) is 12.8 Å². The number of nitrogens with zero attached hydrogens (tertiary/aromatic N) is 2. The Labute approximate surface area is 127 Å². The first-order valence-corrected chi connectivity index (χ1v) is 8.72. The predicted molar refractivity (Wildman–Crippen MR) is 72.8 cm³/mol. The first-order chi connectivity index (χ1) is 10.1. The van der Waals surface area contributed by atoms with E-state index in [0.717, 1.165) is 4.31 Å². The minimum absolute atomic E-state index is 0.0759. The molecule has 0 bridgehead atoms. The van der Waals surface area contributed by atoms with E-state index in [9.17, 15) is 26.4 Å². The third-order valence-corrected chi connectivity index (χ3v) is 5.48. The molecule has 0 aromatic rings. The van der Waals surface area contributed by atoms with Crippen LogP contribution in [0, 0.1) is 11.8 Å². The zero-order valence-corrected chi connectivity index (χ0v) is 12.9. The molecule has 128 valence electrons. The lowest BCUT2D eigenvalue weighted by Gasteiger charge is -2.37. The molecule has 0 aromatic carbocycles. The molecule has 2 fully saturated rings. The molecule has 2 aliphatic rings. The molecular weight excluding hydrogens is 323 g/mol. The number of halogens is 3. The van der Waals surface area contributed by atoms with Crippen molar-refractivity contribution in [3.05, 3.63) is 0 Å². The average Bonchev–Trinajstić information content (AvgIpc) is 2.45. The van der Waals surface area contributed by atoms with Crippen LogP contribution in [0.15, 0.2) is 0 Å². The van der Waals surface area contributed by atoms with Crippen LogP contribution in [0.4, 0.5) is 13.2 Å². The van der Waals surface area contributed by atoms with E-state index in [1.165, 1.54) is 4.90 Å². The Hall–Kier alpha value is -0.870. The number of amides is 1. The van der Waals surface area contributed by atoms with Gasteiger partial charge in [-0.15, -0.1) is 0 Å². The fraction of sp³-hybridized carbons (Fsp3) is 0.917. The SMILES string of the molecule is NS(=O)(=O)N1CCN(C(=O)[C@H]2CCC[C@@H](C(F)(F)F)C2)CC1. The monoisotopic (exact) mass is 343 g/mol. The van der Waals surface area contributed by atoms with Gasteiger partial charge in [0.2, 0.25) is 5.91 Å². The number of carbonyl (C=O) groups excluding carboxylic acids is 1. The lowest BCUT2D eigenvalue weighted by molar-refractivity contribution is -0.187. The summed E-state index contributed by atoms with van der Waals surface area (Å²) in [6.45, 7) is 0.505. The van der Waals surface area contributed by atoms with Crippen molar-refractivity contribution in [2.75, 3.05) is 26.2 Å². The highest BCUT2D eigenvalue weighted by Crippen LogP contribution is 2.40. The lowest BCUT2D eigenvalue weighted by atomic mass is 9.80. The predicted octanol–water partition coefficient (Wildman–Crippen LogP) is 0.703. The number of hydrogen-bond acceptors (Lipinski definition) is 3. The van der Waals surface area contributed by atoms with Crippen LogP contribution in [-0.4, -0.2) is 55.9 Å². The normalized spacial score (nSPS) is 28.6. The Bertz CT molecular complexity index is 515. The quantitative estimate of drug-likeness (QED) is 0.801. The van der Waals surface area contributed by atoms with E-state index in [1.807, 2.05) is 0 Å². The fourth-order valence-electron chi connectivity index (χ4n) is 3.13. The average molecular weight is 343 g/mol. The van der Waals surface area contributed by atoms with Crippen LogP contribution in [-0.2, 0) is 15.0 Å². The van der Waals surface area contributed by atoms with Crippen LogP contribution in [0.1, 0.15) is 25.7 Å². The molecule has 2 rings (SSSR count). The largest absolute Gasteiger partial charge is 0.391 e. The third-order valence-electron chi connectivity index (χ3n) is 4.40. The standard InChI is InChI=1S/C12H20F3N3O3S/c13-12(14,15)10-3-1-2-9(8-10)11(19)17-4-6-18(7-5-17)22(16,20)21/h9-10H,1-8H2,(H2,16,20,21)/t9-,10+/m0/s1. The first kappa shape index (κ1) is 17.5. The molecule has 1 amide bonds. The topological polar surface area (TPSA) is 83.7 Å². The summed E-state index contributed by atoms with van der Waals surface area (Å²) in [4.78, 5) is 13.8. The van der Waals surface area contributed by atoms with Crippen molar-refractivity contribution >= 4 is 16.1 Å².